The number of hydrogen-bond donors (Lipinski definition) is 4. The van der Waals surface area contributed by atoms with Crippen LogP contribution in [0.2, 0.25) is 0 Å². The second-order valence-electron chi connectivity index (χ2n) is 3.26. The number of aromatic amines is 1. The first-order valence-electron chi connectivity index (χ1n) is 5.01. The number of rotatable bonds is 4. The number of aliphatic imine (C=N–C) groups is 1. The first kappa shape index (κ1) is 11.5. The second kappa shape index (κ2) is 6.02. The van der Waals surface area contributed by atoms with E-state index in [1.54, 1.807) is 6.20 Å². The van der Waals surface area contributed by atoms with Crippen molar-refractivity contribution in [3.63, 3.8) is 0 Å². The van der Waals surface area contributed by atoms with E-state index in [1.807, 2.05) is 6.92 Å². The van der Waals surface area contributed by atoms with Gasteiger partial charge in [-0.2, -0.15) is 5.10 Å². The average molecular weight is 210 g/mol. The third-order valence-corrected chi connectivity index (χ3v) is 2.02. The minimum atomic E-state index is 0.568. The number of hydrazine groups is 1. The number of nitrogens with two attached hydrogens (primary N) is 1. The lowest BCUT2D eigenvalue weighted by Crippen LogP contribution is -2.41. The molecule has 0 fully saturated rings. The summed E-state index contributed by atoms with van der Waals surface area (Å²) in [6, 6.07) is 0. The molecule has 5 N–H and O–H groups in total. The van der Waals surface area contributed by atoms with E-state index in [2.05, 4.69) is 32.9 Å². The molecule has 1 rings (SSSR count). The van der Waals surface area contributed by atoms with Crippen molar-refractivity contribution in [1.82, 2.24) is 20.9 Å². The summed E-state index contributed by atoms with van der Waals surface area (Å²) in [6.07, 6.45) is 2.80. The zero-order chi connectivity index (χ0) is 11.1. The minimum absolute atomic E-state index is 0.568. The minimum Gasteiger partial charge on any atom is -0.355 e. The number of guanidine groups is 1. The highest BCUT2D eigenvalue weighted by molar-refractivity contribution is 5.79. The molecule has 1 aromatic rings. The highest BCUT2D eigenvalue weighted by Crippen LogP contribution is 2.03. The van der Waals surface area contributed by atoms with E-state index in [1.165, 1.54) is 0 Å². The predicted octanol–water partition coefficient (Wildman–Crippen LogP) is 0.0370. The maximum absolute atomic E-state index is 5.32. The van der Waals surface area contributed by atoms with E-state index in [4.69, 9.17) is 5.84 Å². The van der Waals surface area contributed by atoms with Crippen molar-refractivity contribution < 1.29 is 0 Å². The fourth-order valence-electron chi connectivity index (χ4n) is 1.10. The van der Waals surface area contributed by atoms with Crippen LogP contribution in [0.15, 0.2) is 11.2 Å². The molecule has 0 aliphatic rings. The van der Waals surface area contributed by atoms with Crippen molar-refractivity contribution >= 4 is 5.96 Å². The van der Waals surface area contributed by atoms with Crippen LogP contribution in [0, 0.1) is 6.92 Å². The fraction of sp³-hybridized carbons (Fsp3) is 0.556. The maximum Gasteiger partial charge on any atom is 0.206 e. The molecule has 1 aromatic heterocycles. The Morgan fingerprint density at radius 2 is 2.47 bits per heavy atom. The summed E-state index contributed by atoms with van der Waals surface area (Å²) < 4.78 is 0. The maximum atomic E-state index is 5.32. The van der Waals surface area contributed by atoms with Crippen molar-refractivity contribution in [2.75, 3.05) is 6.54 Å². The first-order valence-corrected chi connectivity index (χ1v) is 5.01. The standard InChI is InChI=1S/C9H18N6/c1-3-4-11-9(14-10)12-5-8-6-13-15-7(8)2/h6H,3-5,10H2,1-2H3,(H,13,15)(H2,11,12,14). The smallest absolute Gasteiger partial charge is 0.206 e. The highest BCUT2D eigenvalue weighted by atomic mass is 15.3. The van der Waals surface area contributed by atoms with Gasteiger partial charge in [0.05, 0.1) is 12.7 Å². The number of nitrogens with zero attached hydrogens (tertiary/aromatic N) is 2. The summed E-state index contributed by atoms with van der Waals surface area (Å²) in [5, 5.41) is 9.87. The average Bonchev–Trinajstić information content (AvgIpc) is 2.65. The number of H-pyrrole nitrogens is 1. The first-order chi connectivity index (χ1) is 7.27. The van der Waals surface area contributed by atoms with Gasteiger partial charge in [-0.15, -0.1) is 0 Å². The normalized spacial score (nSPS) is 11.5. The molecule has 0 saturated heterocycles. The molecule has 84 valence electrons. The van der Waals surface area contributed by atoms with Gasteiger partial charge in [-0.25, -0.2) is 10.8 Å². The molecule has 15 heavy (non-hydrogen) atoms. The monoisotopic (exact) mass is 210 g/mol. The predicted molar refractivity (Wildman–Crippen MR) is 60.1 cm³/mol. The van der Waals surface area contributed by atoms with Crippen LogP contribution in [0.3, 0.4) is 0 Å². The molecular weight excluding hydrogens is 192 g/mol. The number of hydrogen-bond acceptors (Lipinski definition) is 3. The van der Waals surface area contributed by atoms with Crippen LogP contribution >= 0.6 is 0 Å². The van der Waals surface area contributed by atoms with E-state index < -0.39 is 0 Å². The Kier molecular flexibility index (Phi) is 4.62. The Morgan fingerprint density at radius 1 is 1.67 bits per heavy atom. The lowest BCUT2D eigenvalue weighted by molar-refractivity contribution is 0.790. The van der Waals surface area contributed by atoms with Gasteiger partial charge in [-0.05, 0) is 13.3 Å². The third kappa shape index (κ3) is 3.59. The molecule has 0 aromatic carbocycles. The summed E-state index contributed by atoms with van der Waals surface area (Å²) in [7, 11) is 0. The van der Waals surface area contributed by atoms with Crippen LogP contribution in [0.25, 0.3) is 0 Å². The Morgan fingerprint density at radius 3 is 3.00 bits per heavy atom. The van der Waals surface area contributed by atoms with E-state index in [9.17, 15) is 0 Å². The zero-order valence-corrected chi connectivity index (χ0v) is 9.17. The Bertz CT molecular complexity index is 316. The fourth-order valence-corrected chi connectivity index (χ4v) is 1.10. The van der Waals surface area contributed by atoms with E-state index >= 15 is 0 Å². The summed E-state index contributed by atoms with van der Waals surface area (Å²) in [5.74, 6) is 5.93. The van der Waals surface area contributed by atoms with E-state index in [-0.39, 0.29) is 0 Å². The van der Waals surface area contributed by atoms with Crippen LogP contribution in [0.4, 0.5) is 0 Å². The van der Waals surface area contributed by atoms with Crippen LogP contribution < -0.4 is 16.6 Å². The van der Waals surface area contributed by atoms with E-state index in [0.29, 0.717) is 12.5 Å². The van der Waals surface area contributed by atoms with Crippen LogP contribution in [0.1, 0.15) is 24.6 Å². The van der Waals surface area contributed by atoms with Gasteiger partial charge in [-0.3, -0.25) is 10.5 Å². The van der Waals surface area contributed by atoms with Gasteiger partial charge in [0, 0.05) is 17.8 Å². The molecule has 0 aliphatic heterocycles. The Hall–Kier alpha value is -1.56. The molecule has 0 amide bonds. The molecular formula is C9H18N6. The summed E-state index contributed by atoms with van der Waals surface area (Å²) in [5.41, 5.74) is 4.63. The molecule has 6 heteroatoms. The van der Waals surface area contributed by atoms with Crippen molar-refractivity contribution in [2.45, 2.75) is 26.8 Å². The van der Waals surface area contributed by atoms with Crippen molar-refractivity contribution in [2.24, 2.45) is 10.8 Å². The molecule has 0 atom stereocenters. The molecule has 0 radical (unpaired) electrons. The second-order valence-corrected chi connectivity index (χ2v) is 3.26. The lowest BCUT2D eigenvalue weighted by Gasteiger charge is -2.07. The Labute approximate surface area is 89.3 Å². The van der Waals surface area contributed by atoms with Crippen molar-refractivity contribution in [3.05, 3.63) is 17.5 Å². The van der Waals surface area contributed by atoms with Gasteiger partial charge in [0.25, 0.3) is 0 Å². The van der Waals surface area contributed by atoms with Crippen LogP contribution in [-0.4, -0.2) is 22.7 Å². The van der Waals surface area contributed by atoms with E-state index in [0.717, 1.165) is 24.2 Å². The molecule has 0 bridgehead atoms. The van der Waals surface area contributed by atoms with Gasteiger partial charge in [-0.1, -0.05) is 6.92 Å². The topological polar surface area (TPSA) is 91.1 Å². The van der Waals surface area contributed by atoms with Crippen LogP contribution in [-0.2, 0) is 6.54 Å². The van der Waals surface area contributed by atoms with Gasteiger partial charge in [0.15, 0.2) is 0 Å². The molecule has 0 spiro atoms. The number of nitrogens with one attached hydrogen (secondary N) is 3. The van der Waals surface area contributed by atoms with Gasteiger partial charge in [0.2, 0.25) is 5.96 Å². The highest BCUT2D eigenvalue weighted by Gasteiger charge is 1.99. The lowest BCUT2D eigenvalue weighted by atomic mass is 10.3. The molecule has 1 heterocycles. The summed E-state index contributed by atoms with van der Waals surface area (Å²) in [6.45, 7) is 5.47. The number of aromatic nitrogens is 2. The van der Waals surface area contributed by atoms with Gasteiger partial charge in [0.1, 0.15) is 0 Å². The quantitative estimate of drug-likeness (QED) is 0.244. The van der Waals surface area contributed by atoms with Crippen molar-refractivity contribution in [3.8, 4) is 0 Å². The molecule has 6 nitrogen and oxygen atoms in total. The van der Waals surface area contributed by atoms with Gasteiger partial charge >= 0.3 is 0 Å². The molecule has 0 saturated carbocycles. The summed E-state index contributed by atoms with van der Waals surface area (Å²) in [4.78, 5) is 4.29. The number of aryl methyl sites for hydroxylation is 1. The summed E-state index contributed by atoms with van der Waals surface area (Å²) >= 11 is 0. The van der Waals surface area contributed by atoms with Gasteiger partial charge < -0.3 is 5.32 Å². The molecule has 0 unspecified atom stereocenters. The molecule has 0 aliphatic carbocycles. The zero-order valence-electron chi connectivity index (χ0n) is 9.17. The Balaban J connectivity index is 2.50. The third-order valence-electron chi connectivity index (χ3n) is 2.02. The SMILES string of the molecule is CCCNC(=NCc1cn[nH]c1C)NN. The van der Waals surface area contributed by atoms with Crippen LogP contribution in [0.5, 0.6) is 0 Å². The van der Waals surface area contributed by atoms with Crippen molar-refractivity contribution in [1.29, 1.82) is 0 Å². The largest absolute Gasteiger partial charge is 0.355 e.